The Kier molecular flexibility index (Phi) is 5.37. The topological polar surface area (TPSA) is 9.23 Å². The molecule has 0 saturated carbocycles. The van der Waals surface area contributed by atoms with Crippen molar-refractivity contribution < 1.29 is 4.74 Å². The first-order valence-corrected chi connectivity index (χ1v) is 9.17. The molecule has 0 fully saturated rings. The third kappa shape index (κ3) is 3.45. The molecule has 21 heavy (non-hydrogen) atoms. The van der Waals surface area contributed by atoms with E-state index in [-0.39, 0.29) is 0 Å². The van der Waals surface area contributed by atoms with E-state index >= 15 is 0 Å². The van der Waals surface area contributed by atoms with Crippen LogP contribution in [0.15, 0.2) is 36.4 Å². The van der Waals surface area contributed by atoms with Crippen molar-refractivity contribution in [3.63, 3.8) is 0 Å². The summed E-state index contributed by atoms with van der Waals surface area (Å²) in [6, 6.07) is 13.1. The first-order chi connectivity index (χ1) is 10.1. The van der Waals surface area contributed by atoms with E-state index < -0.39 is 0 Å². The summed E-state index contributed by atoms with van der Waals surface area (Å²) >= 11 is 0. The number of rotatable bonds is 5. The Balaban J connectivity index is 2.59. The minimum atomic E-state index is 0.335. The van der Waals surface area contributed by atoms with Gasteiger partial charge >= 0.3 is 0 Å². The molecule has 0 spiro atoms. The fourth-order valence-electron chi connectivity index (χ4n) is 3.30. The number of benzene rings is 2. The summed E-state index contributed by atoms with van der Waals surface area (Å²) < 4.78 is 5.89. The van der Waals surface area contributed by atoms with Gasteiger partial charge in [-0.25, -0.2) is 0 Å². The summed E-state index contributed by atoms with van der Waals surface area (Å²) in [6.45, 7) is 9.63. The fraction of sp³-hybridized carbons (Fsp3) is 0.368. The van der Waals surface area contributed by atoms with Crippen LogP contribution in [0.2, 0.25) is 0 Å². The summed E-state index contributed by atoms with van der Waals surface area (Å²) in [4.78, 5) is 0. The Morgan fingerprint density at radius 3 is 1.52 bits per heavy atom. The molecule has 112 valence electrons. The lowest BCUT2D eigenvalue weighted by Crippen LogP contribution is -2.15. The van der Waals surface area contributed by atoms with E-state index in [9.17, 15) is 0 Å². The Bertz CT molecular complexity index is 527. The van der Waals surface area contributed by atoms with Crippen LogP contribution in [-0.2, 0) is 4.74 Å². The van der Waals surface area contributed by atoms with Gasteiger partial charge in [0, 0.05) is 22.4 Å². The molecule has 2 rings (SSSR count). The molecule has 0 aliphatic heterocycles. The van der Waals surface area contributed by atoms with Gasteiger partial charge in [0.2, 0.25) is 0 Å². The molecule has 0 aromatic heterocycles. The van der Waals surface area contributed by atoms with Gasteiger partial charge in [-0.05, 0) is 61.1 Å². The average molecular weight is 299 g/mol. The molecule has 2 heteroatoms. The zero-order valence-corrected chi connectivity index (χ0v) is 15.9. The zero-order chi connectivity index (χ0) is 15.4. The standard InChI is InChI=1S/C19H26OSi/c1-13-7-5-8-14(2)18(13)17(11-20-12-21)19-15(3)9-6-10-16(19)4/h5-10,17H,11-12H2,1-4,21H3. The number of aryl methyl sites for hydroxylation is 4. The summed E-state index contributed by atoms with van der Waals surface area (Å²) in [5.41, 5.74) is 8.31. The predicted molar refractivity (Wildman–Crippen MR) is 94.4 cm³/mol. The van der Waals surface area contributed by atoms with Crippen molar-refractivity contribution >= 4 is 10.2 Å². The minimum absolute atomic E-state index is 0.335. The molecule has 2 aromatic rings. The second-order valence-corrected chi connectivity index (χ2v) is 6.40. The average Bonchev–Trinajstić information content (AvgIpc) is 2.43. The van der Waals surface area contributed by atoms with Crippen LogP contribution in [0.1, 0.15) is 39.3 Å². The van der Waals surface area contributed by atoms with E-state index in [0.717, 1.165) is 23.1 Å². The maximum absolute atomic E-state index is 5.89. The van der Waals surface area contributed by atoms with Crippen LogP contribution < -0.4 is 0 Å². The highest BCUT2D eigenvalue weighted by Gasteiger charge is 2.21. The SMILES string of the molecule is Cc1cccc(C)c1C(COC[SiH3])c1c(C)cccc1C. The van der Waals surface area contributed by atoms with Gasteiger partial charge < -0.3 is 4.74 Å². The number of hydrogen-bond acceptors (Lipinski definition) is 1. The molecule has 0 radical (unpaired) electrons. The van der Waals surface area contributed by atoms with Crippen LogP contribution in [0, 0.1) is 27.7 Å². The fourth-order valence-corrected chi connectivity index (χ4v) is 3.54. The van der Waals surface area contributed by atoms with Crippen molar-refractivity contribution in [2.45, 2.75) is 33.6 Å². The van der Waals surface area contributed by atoms with E-state index in [4.69, 9.17) is 4.74 Å². The molecule has 0 N–H and O–H groups in total. The van der Waals surface area contributed by atoms with Crippen molar-refractivity contribution in [3.8, 4) is 0 Å². The van der Waals surface area contributed by atoms with Gasteiger partial charge in [-0.1, -0.05) is 36.4 Å². The molecule has 0 saturated heterocycles. The molecule has 2 aromatic carbocycles. The summed E-state index contributed by atoms with van der Waals surface area (Å²) in [5, 5.41) is 0. The van der Waals surface area contributed by atoms with Crippen molar-refractivity contribution in [2.24, 2.45) is 0 Å². The van der Waals surface area contributed by atoms with Gasteiger partial charge in [-0.3, -0.25) is 0 Å². The first-order valence-electron chi connectivity index (χ1n) is 7.76. The second-order valence-electron chi connectivity index (χ2n) is 5.82. The Morgan fingerprint density at radius 1 is 0.810 bits per heavy atom. The predicted octanol–water partition coefficient (Wildman–Crippen LogP) is 3.39. The van der Waals surface area contributed by atoms with Crippen molar-refractivity contribution in [3.05, 3.63) is 69.8 Å². The van der Waals surface area contributed by atoms with Crippen LogP contribution >= 0.6 is 0 Å². The van der Waals surface area contributed by atoms with E-state index in [2.05, 4.69) is 64.1 Å². The molecule has 0 unspecified atom stereocenters. The molecular formula is C19H26OSi. The third-order valence-corrected chi connectivity index (χ3v) is 4.68. The normalized spacial score (nSPS) is 11.3. The van der Waals surface area contributed by atoms with Gasteiger partial charge in [0.25, 0.3) is 0 Å². The smallest absolute Gasteiger partial charge is 0.0571 e. The van der Waals surface area contributed by atoms with Crippen LogP contribution in [0.25, 0.3) is 0 Å². The van der Waals surface area contributed by atoms with Gasteiger partial charge in [-0.2, -0.15) is 0 Å². The number of ether oxygens (including phenoxy) is 1. The number of hydrogen-bond donors (Lipinski definition) is 0. The maximum atomic E-state index is 5.89. The van der Waals surface area contributed by atoms with Crippen molar-refractivity contribution in [1.29, 1.82) is 0 Å². The van der Waals surface area contributed by atoms with Crippen molar-refractivity contribution in [2.75, 3.05) is 12.8 Å². The second kappa shape index (κ2) is 7.06. The Hall–Kier alpha value is -1.38. The van der Waals surface area contributed by atoms with Gasteiger partial charge in [0.15, 0.2) is 0 Å². The Morgan fingerprint density at radius 2 is 1.19 bits per heavy atom. The largest absolute Gasteiger partial charge is 0.385 e. The molecule has 0 heterocycles. The third-order valence-electron chi connectivity index (χ3n) is 4.27. The Labute approximate surface area is 131 Å². The molecule has 0 aliphatic rings. The molecule has 0 aliphatic carbocycles. The zero-order valence-electron chi connectivity index (χ0n) is 13.9. The quantitative estimate of drug-likeness (QED) is 0.769. The highest BCUT2D eigenvalue weighted by Crippen LogP contribution is 2.34. The molecule has 0 atom stereocenters. The minimum Gasteiger partial charge on any atom is -0.385 e. The van der Waals surface area contributed by atoms with Crippen molar-refractivity contribution in [1.82, 2.24) is 0 Å². The maximum Gasteiger partial charge on any atom is 0.0571 e. The summed E-state index contributed by atoms with van der Waals surface area (Å²) in [6.07, 6.45) is 0.895. The molecular weight excluding hydrogens is 272 g/mol. The first kappa shape index (κ1) is 16.0. The monoisotopic (exact) mass is 298 g/mol. The van der Waals surface area contributed by atoms with E-state index in [1.807, 2.05) is 0 Å². The van der Waals surface area contributed by atoms with E-state index in [1.54, 1.807) is 0 Å². The van der Waals surface area contributed by atoms with Crippen LogP contribution in [0.4, 0.5) is 0 Å². The lowest BCUT2D eigenvalue weighted by Gasteiger charge is -2.25. The van der Waals surface area contributed by atoms with Crippen LogP contribution in [0.3, 0.4) is 0 Å². The highest BCUT2D eigenvalue weighted by molar-refractivity contribution is 6.08. The lowest BCUT2D eigenvalue weighted by molar-refractivity contribution is 0.169. The van der Waals surface area contributed by atoms with Gasteiger partial charge in [0.1, 0.15) is 0 Å². The molecule has 0 bridgehead atoms. The molecule has 0 amide bonds. The van der Waals surface area contributed by atoms with E-state index in [0.29, 0.717) is 5.92 Å². The van der Waals surface area contributed by atoms with Crippen LogP contribution in [0.5, 0.6) is 0 Å². The summed E-state index contributed by atoms with van der Waals surface area (Å²) in [5.74, 6) is 0.335. The summed E-state index contributed by atoms with van der Waals surface area (Å²) in [7, 11) is 1.09. The molecule has 1 nitrogen and oxygen atoms in total. The lowest BCUT2D eigenvalue weighted by atomic mass is 9.82. The highest BCUT2D eigenvalue weighted by atomic mass is 28.1. The van der Waals surface area contributed by atoms with Crippen LogP contribution in [-0.4, -0.2) is 23.1 Å². The van der Waals surface area contributed by atoms with Gasteiger partial charge in [-0.15, -0.1) is 0 Å². The van der Waals surface area contributed by atoms with Gasteiger partial charge in [0.05, 0.1) is 6.61 Å². The van der Waals surface area contributed by atoms with E-state index in [1.165, 1.54) is 33.4 Å².